The van der Waals surface area contributed by atoms with Crippen LogP contribution in [0, 0.1) is 11.3 Å². The number of hydrogen-bond donors (Lipinski definition) is 1. The van der Waals surface area contributed by atoms with Crippen LogP contribution in [0.5, 0.6) is 0 Å². The summed E-state index contributed by atoms with van der Waals surface area (Å²) in [5.41, 5.74) is 1.97. The Morgan fingerprint density at radius 2 is 1.86 bits per heavy atom. The van der Waals surface area contributed by atoms with Crippen molar-refractivity contribution in [3.63, 3.8) is 0 Å². The second-order valence-electron chi connectivity index (χ2n) is 3.10. The molecule has 0 aliphatic rings. The fourth-order valence-electron chi connectivity index (χ4n) is 1.49. The Bertz CT molecular complexity index is 423. The summed E-state index contributed by atoms with van der Waals surface area (Å²) in [4.78, 5) is 3.06. The van der Waals surface area contributed by atoms with Gasteiger partial charge in [-0.25, -0.2) is 0 Å². The number of nitrogens with zero attached hydrogens (tertiary/aromatic N) is 1. The largest absolute Gasteiger partial charge is 0.364 e. The third-order valence-corrected chi connectivity index (χ3v) is 2.20. The second kappa shape index (κ2) is 3.80. The van der Waals surface area contributed by atoms with Crippen LogP contribution >= 0.6 is 0 Å². The molecule has 14 heavy (non-hydrogen) atoms. The van der Waals surface area contributed by atoms with Crippen LogP contribution in [-0.2, 0) is 0 Å². The van der Waals surface area contributed by atoms with Gasteiger partial charge in [0, 0.05) is 11.9 Å². The Kier molecular flexibility index (Phi) is 2.33. The summed E-state index contributed by atoms with van der Waals surface area (Å²) < 4.78 is 0. The fourth-order valence-corrected chi connectivity index (χ4v) is 1.49. The molecular formula is C12H10N2. The molecule has 0 aliphatic heterocycles. The number of aromatic amines is 1. The van der Waals surface area contributed by atoms with E-state index in [0.29, 0.717) is 0 Å². The summed E-state index contributed by atoms with van der Waals surface area (Å²) in [6, 6.07) is 15.9. The van der Waals surface area contributed by atoms with Gasteiger partial charge in [0.2, 0.25) is 0 Å². The molecule has 0 fully saturated rings. The Morgan fingerprint density at radius 3 is 2.43 bits per heavy atom. The molecule has 2 rings (SSSR count). The van der Waals surface area contributed by atoms with Crippen LogP contribution in [0.4, 0.5) is 0 Å². The molecule has 0 saturated heterocycles. The minimum atomic E-state index is -0.189. The van der Waals surface area contributed by atoms with Crippen LogP contribution in [0.1, 0.15) is 17.2 Å². The van der Waals surface area contributed by atoms with E-state index in [-0.39, 0.29) is 5.92 Å². The molecule has 0 amide bonds. The minimum Gasteiger partial charge on any atom is -0.364 e. The molecule has 68 valence electrons. The van der Waals surface area contributed by atoms with Crippen LogP contribution in [0.25, 0.3) is 0 Å². The number of rotatable bonds is 2. The van der Waals surface area contributed by atoms with Crippen molar-refractivity contribution in [2.45, 2.75) is 5.92 Å². The van der Waals surface area contributed by atoms with Crippen LogP contribution in [0.15, 0.2) is 48.7 Å². The first-order chi connectivity index (χ1) is 6.92. The van der Waals surface area contributed by atoms with E-state index in [1.54, 1.807) is 0 Å². The molecule has 0 radical (unpaired) electrons. The van der Waals surface area contributed by atoms with E-state index >= 15 is 0 Å². The quantitative estimate of drug-likeness (QED) is 0.762. The smallest absolute Gasteiger partial charge is 0.111 e. The average Bonchev–Trinajstić information content (AvgIpc) is 2.74. The molecule has 1 aromatic carbocycles. The van der Waals surface area contributed by atoms with Crippen molar-refractivity contribution in [1.82, 2.24) is 4.98 Å². The van der Waals surface area contributed by atoms with E-state index in [1.807, 2.05) is 48.7 Å². The lowest BCUT2D eigenvalue weighted by Crippen LogP contribution is -1.97. The van der Waals surface area contributed by atoms with Crippen LogP contribution in [0.3, 0.4) is 0 Å². The van der Waals surface area contributed by atoms with Gasteiger partial charge in [0.25, 0.3) is 0 Å². The van der Waals surface area contributed by atoms with Gasteiger partial charge in [0.1, 0.15) is 5.92 Å². The van der Waals surface area contributed by atoms with Gasteiger partial charge in [-0.2, -0.15) is 5.26 Å². The summed E-state index contributed by atoms with van der Waals surface area (Å²) in [6.07, 6.45) is 1.84. The number of aromatic nitrogens is 1. The second-order valence-corrected chi connectivity index (χ2v) is 3.10. The average molecular weight is 182 g/mol. The summed E-state index contributed by atoms with van der Waals surface area (Å²) >= 11 is 0. The van der Waals surface area contributed by atoms with Crippen LogP contribution < -0.4 is 0 Å². The van der Waals surface area contributed by atoms with Crippen molar-refractivity contribution in [3.8, 4) is 6.07 Å². The van der Waals surface area contributed by atoms with E-state index in [0.717, 1.165) is 11.3 Å². The Morgan fingerprint density at radius 1 is 1.07 bits per heavy atom. The molecule has 1 N–H and O–H groups in total. The van der Waals surface area contributed by atoms with Gasteiger partial charge in [0.05, 0.1) is 6.07 Å². The summed E-state index contributed by atoms with van der Waals surface area (Å²) in [5, 5.41) is 9.08. The van der Waals surface area contributed by atoms with Crippen molar-refractivity contribution in [1.29, 1.82) is 5.26 Å². The zero-order chi connectivity index (χ0) is 9.80. The molecule has 0 spiro atoms. The third-order valence-electron chi connectivity index (χ3n) is 2.20. The number of nitrogens with one attached hydrogen (secondary N) is 1. The van der Waals surface area contributed by atoms with Gasteiger partial charge < -0.3 is 4.98 Å². The predicted molar refractivity (Wildman–Crippen MR) is 54.7 cm³/mol. The number of benzene rings is 1. The first-order valence-corrected chi connectivity index (χ1v) is 4.49. The molecule has 1 aromatic heterocycles. The molecule has 2 heteroatoms. The van der Waals surface area contributed by atoms with Gasteiger partial charge in [-0.3, -0.25) is 0 Å². The lowest BCUT2D eigenvalue weighted by molar-refractivity contribution is 0.985. The molecule has 0 unspecified atom stereocenters. The Balaban J connectivity index is 2.38. The van der Waals surface area contributed by atoms with Crippen molar-refractivity contribution < 1.29 is 0 Å². The van der Waals surface area contributed by atoms with Crippen molar-refractivity contribution in [3.05, 3.63) is 59.9 Å². The Hall–Kier alpha value is -2.01. The maximum atomic E-state index is 9.08. The van der Waals surface area contributed by atoms with Crippen molar-refractivity contribution in [2.24, 2.45) is 0 Å². The highest BCUT2D eigenvalue weighted by molar-refractivity contribution is 5.34. The molecule has 1 heterocycles. The monoisotopic (exact) mass is 182 g/mol. The Labute approximate surface area is 82.8 Å². The number of hydrogen-bond acceptors (Lipinski definition) is 1. The van der Waals surface area contributed by atoms with Gasteiger partial charge >= 0.3 is 0 Å². The zero-order valence-electron chi connectivity index (χ0n) is 7.64. The highest BCUT2D eigenvalue weighted by atomic mass is 14.7. The molecule has 0 bridgehead atoms. The lowest BCUT2D eigenvalue weighted by Gasteiger charge is -2.06. The lowest BCUT2D eigenvalue weighted by atomic mass is 9.98. The van der Waals surface area contributed by atoms with Gasteiger partial charge in [0.15, 0.2) is 0 Å². The molecule has 2 aromatic rings. The SMILES string of the molecule is N#C[C@@H](c1ccccc1)c1ccc[nH]1. The topological polar surface area (TPSA) is 39.6 Å². The van der Waals surface area contributed by atoms with Crippen LogP contribution in [-0.4, -0.2) is 4.98 Å². The van der Waals surface area contributed by atoms with Crippen LogP contribution in [0.2, 0.25) is 0 Å². The highest BCUT2D eigenvalue weighted by Gasteiger charge is 2.12. The van der Waals surface area contributed by atoms with Crippen molar-refractivity contribution >= 4 is 0 Å². The van der Waals surface area contributed by atoms with Gasteiger partial charge in [-0.05, 0) is 17.7 Å². The van der Waals surface area contributed by atoms with Gasteiger partial charge in [-0.15, -0.1) is 0 Å². The summed E-state index contributed by atoms with van der Waals surface area (Å²) in [5.74, 6) is -0.189. The highest BCUT2D eigenvalue weighted by Crippen LogP contribution is 2.21. The maximum Gasteiger partial charge on any atom is 0.111 e. The summed E-state index contributed by atoms with van der Waals surface area (Å²) in [6.45, 7) is 0. The maximum absolute atomic E-state index is 9.08. The fraction of sp³-hybridized carbons (Fsp3) is 0.0833. The molecule has 0 aliphatic carbocycles. The van der Waals surface area contributed by atoms with E-state index in [2.05, 4.69) is 11.1 Å². The van der Waals surface area contributed by atoms with E-state index in [1.165, 1.54) is 0 Å². The zero-order valence-corrected chi connectivity index (χ0v) is 7.64. The third kappa shape index (κ3) is 1.53. The first kappa shape index (κ1) is 8.58. The number of nitriles is 1. The molecule has 0 saturated carbocycles. The first-order valence-electron chi connectivity index (χ1n) is 4.49. The molecular weight excluding hydrogens is 172 g/mol. The number of H-pyrrole nitrogens is 1. The predicted octanol–water partition coefficient (Wildman–Crippen LogP) is 2.67. The van der Waals surface area contributed by atoms with Gasteiger partial charge in [-0.1, -0.05) is 30.3 Å². The minimum absolute atomic E-state index is 0.189. The van der Waals surface area contributed by atoms with E-state index in [4.69, 9.17) is 5.26 Å². The van der Waals surface area contributed by atoms with E-state index in [9.17, 15) is 0 Å². The normalized spacial score (nSPS) is 11.9. The van der Waals surface area contributed by atoms with Crippen molar-refractivity contribution in [2.75, 3.05) is 0 Å². The summed E-state index contributed by atoms with van der Waals surface area (Å²) in [7, 11) is 0. The standard InChI is InChI=1S/C12H10N2/c13-9-11(12-7-4-8-14-12)10-5-2-1-3-6-10/h1-8,11,14H/t11-/m0/s1. The molecule has 2 nitrogen and oxygen atoms in total. The van der Waals surface area contributed by atoms with E-state index < -0.39 is 0 Å². The molecule has 1 atom stereocenters.